The Hall–Kier alpha value is 2.51. The minimum atomic E-state index is -0.312. The van der Waals surface area contributed by atoms with Crippen molar-refractivity contribution in [3.8, 4) is 0 Å². The van der Waals surface area contributed by atoms with Crippen LogP contribution < -0.4 is 0 Å². The van der Waals surface area contributed by atoms with Gasteiger partial charge in [-0.05, 0) is 0 Å². The third-order valence-electron chi connectivity index (χ3n) is 0. The van der Waals surface area contributed by atoms with Crippen molar-refractivity contribution < 1.29 is 0 Å². The Morgan fingerprint density at radius 3 is 1.75 bits per heavy atom. The van der Waals surface area contributed by atoms with Crippen LogP contribution in [0.1, 0.15) is 0 Å². The van der Waals surface area contributed by atoms with Crippen molar-refractivity contribution in [1.29, 1.82) is 0 Å². The van der Waals surface area contributed by atoms with E-state index in [1.54, 1.807) is 0 Å². The first-order valence-corrected chi connectivity index (χ1v) is 13.9. The van der Waals surface area contributed by atoms with E-state index < -0.39 is 0 Å². The van der Waals surface area contributed by atoms with Gasteiger partial charge < -0.3 is 0 Å². The summed E-state index contributed by atoms with van der Waals surface area (Å²) in [7, 11) is 4.55. The van der Waals surface area contributed by atoms with E-state index in [1.807, 2.05) is 0 Å². The number of hydrogen-bond acceptors (Lipinski definition) is 1. The number of rotatable bonds is 0. The molecule has 26 valence electrons. The standard InChI is InChI=1S/2Bi.S.H2Se.3H/h;;;1H2;;;/q;+1;;;;;/p-1. The van der Waals surface area contributed by atoms with Gasteiger partial charge in [-0.1, -0.05) is 0 Å². The first-order chi connectivity index (χ1) is 1.41. The molecular formula is H4Bi2SSe. The second kappa shape index (κ2) is 9.09. The Labute approximate surface area is 64.9 Å². The summed E-state index contributed by atoms with van der Waals surface area (Å²) < 4.78 is 0. The predicted molar refractivity (Wildman–Crippen MR) is 30.4 cm³/mol. The van der Waals surface area contributed by atoms with Crippen LogP contribution >= 0.6 is 8.86 Å². The van der Waals surface area contributed by atoms with Crippen LogP contribution in [-0.4, -0.2) is 57.3 Å². The summed E-state index contributed by atoms with van der Waals surface area (Å²) in [6, 6.07) is 0. The molecule has 0 aromatic rings. The van der Waals surface area contributed by atoms with E-state index >= 15 is 0 Å². The van der Waals surface area contributed by atoms with Gasteiger partial charge in [0.1, 0.15) is 0 Å². The van der Waals surface area contributed by atoms with Gasteiger partial charge >= 0.3 is 66.2 Å². The van der Waals surface area contributed by atoms with Crippen LogP contribution in [-0.2, 0) is 0 Å². The fourth-order valence-electron chi connectivity index (χ4n) is 0. The van der Waals surface area contributed by atoms with E-state index in [2.05, 4.69) is 21.1 Å². The van der Waals surface area contributed by atoms with Gasteiger partial charge in [-0.2, -0.15) is 0 Å². The second-order valence-electron chi connectivity index (χ2n) is 0.0816. The molecule has 0 fully saturated rings. The third kappa shape index (κ3) is 8.82. The molecule has 0 saturated carbocycles. The van der Waals surface area contributed by atoms with Crippen molar-refractivity contribution in [2.24, 2.45) is 0 Å². The van der Waals surface area contributed by atoms with E-state index in [9.17, 15) is 0 Å². The van der Waals surface area contributed by atoms with Crippen molar-refractivity contribution in [1.82, 2.24) is 0 Å². The molecule has 0 aliphatic heterocycles. The van der Waals surface area contributed by atoms with Gasteiger partial charge in [0.25, 0.3) is 0 Å². The molecule has 0 bridgehead atoms. The zero-order valence-corrected chi connectivity index (χ0v) is 13.7. The Morgan fingerprint density at radius 1 is 1.75 bits per heavy atom. The van der Waals surface area contributed by atoms with Gasteiger partial charge in [-0.3, -0.25) is 0 Å². The Kier molecular flexibility index (Phi) is 22.1. The van der Waals surface area contributed by atoms with Crippen molar-refractivity contribution in [3.63, 3.8) is 0 Å². The van der Waals surface area contributed by atoms with Gasteiger partial charge in [-0.25, -0.2) is 0 Å². The zero-order chi connectivity index (χ0) is 2.71. The van der Waals surface area contributed by atoms with Crippen LogP contribution in [0.3, 0.4) is 0 Å². The van der Waals surface area contributed by atoms with Crippen molar-refractivity contribution in [2.45, 2.75) is 0 Å². The molecule has 4 heavy (non-hydrogen) atoms. The first kappa shape index (κ1) is 9.71. The molecular weight excluding hydrogens is 529 g/mol. The van der Waals surface area contributed by atoms with Crippen LogP contribution in [0.4, 0.5) is 0 Å². The maximum absolute atomic E-state index is 4.55. The summed E-state index contributed by atoms with van der Waals surface area (Å²) in [5.41, 5.74) is 0. The van der Waals surface area contributed by atoms with Crippen molar-refractivity contribution in [2.75, 3.05) is 0 Å². The topological polar surface area (TPSA) is 0 Å². The SMILES string of the molecule is [BiH3].[S]=[Bi][SeH]. The fraction of sp³-hybridized carbons (Fsp3) is 0. The molecule has 0 aromatic carbocycles. The second-order valence-corrected chi connectivity index (χ2v) is 11.2. The molecule has 0 aromatic heterocycles. The van der Waals surface area contributed by atoms with Crippen LogP contribution in [0.15, 0.2) is 0 Å². The van der Waals surface area contributed by atoms with Gasteiger partial charge in [0, 0.05) is 0 Å². The molecule has 0 atom stereocenters. The fourth-order valence-corrected chi connectivity index (χ4v) is 0. The minimum absolute atomic E-state index is 0. The molecule has 0 heterocycles. The molecule has 0 rings (SSSR count). The molecule has 0 aliphatic rings. The van der Waals surface area contributed by atoms with Gasteiger partial charge in [-0.15, -0.1) is 0 Å². The van der Waals surface area contributed by atoms with Crippen molar-refractivity contribution in [3.05, 3.63) is 0 Å². The summed E-state index contributed by atoms with van der Waals surface area (Å²) in [5, 5.41) is 0. The van der Waals surface area contributed by atoms with E-state index in [-0.39, 0.29) is 45.0 Å². The van der Waals surface area contributed by atoms with E-state index in [0.29, 0.717) is 0 Å². The van der Waals surface area contributed by atoms with E-state index in [4.69, 9.17) is 0 Å². The van der Waals surface area contributed by atoms with E-state index in [0.717, 1.165) is 0 Å². The van der Waals surface area contributed by atoms with Gasteiger partial charge in [0.2, 0.25) is 0 Å². The van der Waals surface area contributed by atoms with Crippen molar-refractivity contribution >= 4 is 66.2 Å². The van der Waals surface area contributed by atoms with Gasteiger partial charge in [0.05, 0.1) is 0 Å². The average molecular weight is 533 g/mol. The quantitative estimate of drug-likeness (QED) is 0.340. The molecule has 0 amide bonds. The van der Waals surface area contributed by atoms with Gasteiger partial charge in [0.15, 0.2) is 0 Å². The molecule has 0 N–H and O–H groups in total. The molecule has 0 saturated heterocycles. The summed E-state index contributed by atoms with van der Waals surface area (Å²) in [5.74, 6) is 0. The Balaban J connectivity index is 0. The Morgan fingerprint density at radius 2 is 1.75 bits per heavy atom. The number of hydrogen-bond donors (Lipinski definition) is 0. The summed E-state index contributed by atoms with van der Waals surface area (Å²) in [6.45, 7) is 0. The van der Waals surface area contributed by atoms with Crippen LogP contribution in [0.25, 0.3) is 0 Å². The molecule has 4 heteroatoms. The maximum atomic E-state index is 4.55. The van der Waals surface area contributed by atoms with Crippen LogP contribution in [0.2, 0.25) is 0 Å². The molecule has 0 unspecified atom stereocenters. The summed E-state index contributed by atoms with van der Waals surface area (Å²) in [4.78, 5) is 0. The average Bonchev–Trinajstić information content (AvgIpc) is 0.918. The first-order valence-electron chi connectivity index (χ1n) is 0.383. The molecule has 0 spiro atoms. The molecule has 0 nitrogen and oxygen atoms in total. The normalized spacial score (nSPS) is 3.25. The Bertz CT molecular complexity index is 13.5. The third-order valence-corrected chi connectivity index (χ3v) is 0. The molecule has 0 radical (unpaired) electrons. The predicted octanol–water partition coefficient (Wildman–Crippen LogP) is -1.57. The molecule has 0 aliphatic carbocycles. The summed E-state index contributed by atoms with van der Waals surface area (Å²) >= 11 is 2.15. The van der Waals surface area contributed by atoms with Crippen LogP contribution in [0, 0.1) is 0 Å². The van der Waals surface area contributed by atoms with Crippen LogP contribution in [0.5, 0.6) is 0 Å². The summed E-state index contributed by atoms with van der Waals surface area (Å²) in [6.07, 6.45) is 0. The monoisotopic (exact) mass is 534 g/mol. The van der Waals surface area contributed by atoms with E-state index in [1.165, 1.54) is 0 Å². The zero-order valence-electron chi connectivity index (χ0n) is 2.01.